The lowest BCUT2D eigenvalue weighted by molar-refractivity contribution is 0.866. The normalized spacial score (nSPS) is 10.8. The lowest BCUT2D eigenvalue weighted by Crippen LogP contribution is -2.21. The van der Waals surface area contributed by atoms with E-state index in [0.29, 0.717) is 0 Å². The van der Waals surface area contributed by atoms with Crippen molar-refractivity contribution < 1.29 is 0 Å². The summed E-state index contributed by atoms with van der Waals surface area (Å²) in [7, 11) is 0. The summed E-state index contributed by atoms with van der Waals surface area (Å²) < 4.78 is 0. The minimum absolute atomic E-state index is 1.02. The molecule has 3 aromatic rings. The van der Waals surface area contributed by atoms with Crippen molar-refractivity contribution in [2.45, 2.75) is 13.8 Å². The fraction of sp³-hybridized carbons (Fsp3) is 0.211. The van der Waals surface area contributed by atoms with Crippen LogP contribution in [0.4, 0.5) is 5.69 Å². The van der Waals surface area contributed by atoms with Crippen LogP contribution in [-0.2, 0) is 0 Å². The average molecular weight is 276 g/mol. The predicted molar refractivity (Wildman–Crippen MR) is 90.7 cm³/mol. The molecule has 0 atom stereocenters. The number of hydrogen-bond donors (Lipinski definition) is 0. The fourth-order valence-corrected chi connectivity index (χ4v) is 2.79. The van der Waals surface area contributed by atoms with Crippen LogP contribution >= 0.6 is 0 Å². The maximum absolute atomic E-state index is 4.61. The van der Waals surface area contributed by atoms with Crippen LogP contribution in [0.2, 0.25) is 0 Å². The van der Waals surface area contributed by atoms with Crippen LogP contribution in [-0.4, -0.2) is 18.1 Å². The molecule has 0 saturated heterocycles. The third-order valence-corrected chi connectivity index (χ3v) is 3.92. The van der Waals surface area contributed by atoms with Crippen LogP contribution in [0.5, 0.6) is 0 Å². The second-order valence-electron chi connectivity index (χ2n) is 5.10. The van der Waals surface area contributed by atoms with Crippen LogP contribution in [0.15, 0.2) is 60.8 Å². The van der Waals surface area contributed by atoms with E-state index in [4.69, 9.17) is 0 Å². The molecule has 2 aromatic carbocycles. The highest BCUT2D eigenvalue weighted by atomic mass is 15.1. The molecule has 0 aliphatic carbocycles. The van der Waals surface area contributed by atoms with E-state index in [-0.39, 0.29) is 0 Å². The molecule has 0 bridgehead atoms. The second kappa shape index (κ2) is 5.96. The third kappa shape index (κ3) is 2.62. The lowest BCUT2D eigenvalue weighted by Gasteiger charge is -2.21. The largest absolute Gasteiger partial charge is 0.372 e. The number of fused-ring (bicyclic) bond motifs is 1. The van der Waals surface area contributed by atoms with Crippen molar-refractivity contribution in [3.63, 3.8) is 0 Å². The van der Waals surface area contributed by atoms with Gasteiger partial charge in [0.15, 0.2) is 0 Å². The van der Waals surface area contributed by atoms with Crippen molar-refractivity contribution in [3.8, 4) is 11.3 Å². The van der Waals surface area contributed by atoms with Gasteiger partial charge in [0.25, 0.3) is 0 Å². The zero-order chi connectivity index (χ0) is 14.7. The number of benzene rings is 2. The Morgan fingerprint density at radius 2 is 1.71 bits per heavy atom. The van der Waals surface area contributed by atoms with Crippen molar-refractivity contribution >= 4 is 16.5 Å². The van der Waals surface area contributed by atoms with Gasteiger partial charge in [-0.15, -0.1) is 0 Å². The van der Waals surface area contributed by atoms with Gasteiger partial charge >= 0.3 is 0 Å². The van der Waals surface area contributed by atoms with Gasteiger partial charge in [-0.25, -0.2) is 0 Å². The first-order chi connectivity index (χ1) is 10.3. The van der Waals surface area contributed by atoms with E-state index in [2.05, 4.69) is 78.3 Å². The lowest BCUT2D eigenvalue weighted by atomic mass is 10.0. The molecule has 21 heavy (non-hydrogen) atoms. The minimum Gasteiger partial charge on any atom is -0.372 e. The number of rotatable bonds is 4. The zero-order valence-electron chi connectivity index (χ0n) is 12.6. The van der Waals surface area contributed by atoms with E-state index in [1.54, 1.807) is 0 Å². The Labute approximate surface area is 126 Å². The summed E-state index contributed by atoms with van der Waals surface area (Å²) in [6.45, 7) is 6.41. The van der Waals surface area contributed by atoms with Crippen molar-refractivity contribution in [1.29, 1.82) is 0 Å². The van der Waals surface area contributed by atoms with Gasteiger partial charge in [-0.05, 0) is 37.4 Å². The molecule has 0 unspecified atom stereocenters. The molecule has 0 radical (unpaired) electrons. The summed E-state index contributed by atoms with van der Waals surface area (Å²) in [5, 5.41) is 2.44. The molecule has 106 valence electrons. The molecule has 0 saturated carbocycles. The molecule has 0 N–H and O–H groups in total. The quantitative estimate of drug-likeness (QED) is 0.683. The zero-order valence-corrected chi connectivity index (χ0v) is 12.6. The first kappa shape index (κ1) is 13.6. The Kier molecular flexibility index (Phi) is 3.87. The Morgan fingerprint density at radius 1 is 0.905 bits per heavy atom. The van der Waals surface area contributed by atoms with Gasteiger partial charge in [0.2, 0.25) is 0 Å². The van der Waals surface area contributed by atoms with E-state index in [1.807, 2.05) is 6.20 Å². The van der Waals surface area contributed by atoms with Crippen molar-refractivity contribution in [2.24, 2.45) is 0 Å². The van der Waals surface area contributed by atoms with Gasteiger partial charge in [-0.2, -0.15) is 0 Å². The molecular weight excluding hydrogens is 256 g/mol. The van der Waals surface area contributed by atoms with E-state index < -0.39 is 0 Å². The molecule has 1 aromatic heterocycles. The van der Waals surface area contributed by atoms with Gasteiger partial charge in [0.05, 0.1) is 5.69 Å². The number of pyridine rings is 1. The van der Waals surface area contributed by atoms with E-state index in [0.717, 1.165) is 18.8 Å². The Bertz CT molecular complexity index is 740. The maximum atomic E-state index is 4.61. The van der Waals surface area contributed by atoms with Crippen LogP contribution in [0.1, 0.15) is 13.8 Å². The maximum Gasteiger partial charge on any atom is 0.0781 e. The van der Waals surface area contributed by atoms with Gasteiger partial charge in [-0.1, -0.05) is 36.4 Å². The van der Waals surface area contributed by atoms with E-state index >= 15 is 0 Å². The Morgan fingerprint density at radius 3 is 2.52 bits per heavy atom. The highest BCUT2D eigenvalue weighted by Crippen LogP contribution is 2.29. The van der Waals surface area contributed by atoms with Gasteiger partial charge in [-0.3, -0.25) is 4.98 Å². The summed E-state index contributed by atoms with van der Waals surface area (Å²) in [5.41, 5.74) is 3.49. The molecule has 0 fully saturated rings. The van der Waals surface area contributed by atoms with Crippen molar-refractivity contribution in [1.82, 2.24) is 4.98 Å². The van der Waals surface area contributed by atoms with Gasteiger partial charge < -0.3 is 4.90 Å². The first-order valence-corrected chi connectivity index (χ1v) is 7.52. The predicted octanol–water partition coefficient (Wildman–Crippen LogP) is 4.75. The Balaban J connectivity index is 2.13. The molecule has 2 nitrogen and oxygen atoms in total. The first-order valence-electron chi connectivity index (χ1n) is 7.52. The summed E-state index contributed by atoms with van der Waals surface area (Å²) >= 11 is 0. The average Bonchev–Trinajstić information content (AvgIpc) is 2.56. The fourth-order valence-electron chi connectivity index (χ4n) is 2.79. The second-order valence-corrected chi connectivity index (χ2v) is 5.10. The summed E-state index contributed by atoms with van der Waals surface area (Å²) in [4.78, 5) is 6.97. The Hall–Kier alpha value is -2.35. The summed E-state index contributed by atoms with van der Waals surface area (Å²) in [5.74, 6) is 0. The van der Waals surface area contributed by atoms with Crippen LogP contribution in [0, 0.1) is 0 Å². The summed E-state index contributed by atoms with van der Waals surface area (Å²) in [6, 6.07) is 19.1. The van der Waals surface area contributed by atoms with Gasteiger partial charge in [0.1, 0.15) is 0 Å². The number of hydrogen-bond acceptors (Lipinski definition) is 2. The molecule has 0 aliphatic heterocycles. The molecule has 1 heterocycles. The van der Waals surface area contributed by atoms with Crippen molar-refractivity contribution in [3.05, 3.63) is 60.8 Å². The molecule has 0 spiro atoms. The molecule has 2 heteroatoms. The smallest absolute Gasteiger partial charge is 0.0781 e. The van der Waals surface area contributed by atoms with Gasteiger partial charge in [0, 0.05) is 35.9 Å². The number of anilines is 1. The topological polar surface area (TPSA) is 16.1 Å². The minimum atomic E-state index is 1.02. The van der Waals surface area contributed by atoms with Crippen LogP contribution < -0.4 is 4.90 Å². The summed E-state index contributed by atoms with van der Waals surface area (Å²) in [6.07, 6.45) is 1.89. The molecular formula is C19H20N2. The highest BCUT2D eigenvalue weighted by Gasteiger charge is 2.07. The monoisotopic (exact) mass is 276 g/mol. The van der Waals surface area contributed by atoms with Crippen molar-refractivity contribution in [2.75, 3.05) is 18.0 Å². The SMILES string of the molecule is CCN(CC)c1cccc(-c2nccc3ccccc23)c1. The molecule has 3 rings (SSSR count). The van der Waals surface area contributed by atoms with Crippen LogP contribution in [0.25, 0.3) is 22.0 Å². The van der Waals surface area contributed by atoms with E-state index in [1.165, 1.54) is 22.0 Å². The third-order valence-electron chi connectivity index (χ3n) is 3.92. The van der Waals surface area contributed by atoms with Crippen LogP contribution in [0.3, 0.4) is 0 Å². The molecule has 0 aliphatic rings. The molecule has 0 amide bonds. The standard InChI is InChI=1S/C19H20N2/c1-3-21(4-2)17-10-7-9-16(14-17)19-18-11-6-5-8-15(18)12-13-20-19/h5-14H,3-4H2,1-2H3. The number of aromatic nitrogens is 1. The number of nitrogens with zero attached hydrogens (tertiary/aromatic N) is 2. The highest BCUT2D eigenvalue weighted by molar-refractivity contribution is 5.94. The van der Waals surface area contributed by atoms with E-state index in [9.17, 15) is 0 Å².